The maximum atomic E-state index is 13.7. The van der Waals surface area contributed by atoms with Crippen LogP contribution in [0.15, 0.2) is 9.64 Å². The predicted octanol–water partition coefficient (Wildman–Crippen LogP) is 4.14. The molecule has 0 saturated heterocycles. The number of Topliss-reactive ketones (excluding diaryl/α,β-unsaturated/α-hetero) is 1. The van der Waals surface area contributed by atoms with E-state index in [-0.39, 0.29) is 29.4 Å². The number of rotatable bonds is 13. The number of nitrogens with one attached hydrogen (secondary N) is 1. The van der Waals surface area contributed by atoms with Gasteiger partial charge in [-0.3, -0.25) is 14.4 Å². The van der Waals surface area contributed by atoms with Crippen molar-refractivity contribution in [1.82, 2.24) is 25.3 Å². The van der Waals surface area contributed by atoms with Crippen LogP contribution in [-0.2, 0) is 9.59 Å². The summed E-state index contributed by atoms with van der Waals surface area (Å²) in [5.74, 6) is 0.450. The van der Waals surface area contributed by atoms with E-state index < -0.39 is 11.7 Å². The van der Waals surface area contributed by atoms with Crippen LogP contribution in [0.4, 0.5) is 0 Å². The highest BCUT2D eigenvalue weighted by Crippen LogP contribution is 2.35. The van der Waals surface area contributed by atoms with E-state index in [9.17, 15) is 14.4 Å². The smallest absolute Gasteiger partial charge is 0.286 e. The lowest BCUT2D eigenvalue weighted by atomic mass is 9.83. The summed E-state index contributed by atoms with van der Waals surface area (Å²) in [5.41, 5.74) is -0.868. The first-order chi connectivity index (χ1) is 17.3. The fourth-order valence-electron chi connectivity index (χ4n) is 5.37. The van der Waals surface area contributed by atoms with Crippen LogP contribution >= 0.6 is 11.8 Å². The molecule has 0 spiro atoms. The highest BCUT2D eigenvalue weighted by molar-refractivity contribution is 7.99. The van der Waals surface area contributed by atoms with E-state index in [1.165, 1.54) is 18.2 Å². The molecule has 9 nitrogen and oxygen atoms in total. The molecular formula is C26H43N5O4S. The highest BCUT2D eigenvalue weighted by Gasteiger charge is 2.46. The zero-order valence-corrected chi connectivity index (χ0v) is 23.1. The molecule has 3 rings (SSSR count). The van der Waals surface area contributed by atoms with Gasteiger partial charge in [-0.1, -0.05) is 51.3 Å². The summed E-state index contributed by atoms with van der Waals surface area (Å²) >= 11 is 1.40. The molecule has 1 heterocycles. The third kappa shape index (κ3) is 7.54. The Morgan fingerprint density at radius 2 is 1.78 bits per heavy atom. The molecular weight excluding hydrogens is 478 g/mol. The lowest BCUT2D eigenvalue weighted by Gasteiger charge is -2.48. The average Bonchev–Trinajstić information content (AvgIpc) is 3.33. The minimum Gasteiger partial charge on any atom is -0.408 e. The predicted molar refractivity (Wildman–Crippen MR) is 140 cm³/mol. The maximum Gasteiger partial charge on any atom is 0.286 e. The van der Waals surface area contributed by atoms with Gasteiger partial charge < -0.3 is 19.5 Å². The third-order valence-corrected chi connectivity index (χ3v) is 8.13. The number of carbonyl (C=O) groups is 3. The van der Waals surface area contributed by atoms with Crippen LogP contribution in [0.1, 0.15) is 95.2 Å². The van der Waals surface area contributed by atoms with Gasteiger partial charge in [-0.15, -0.1) is 10.2 Å². The quantitative estimate of drug-likeness (QED) is 0.179. The zero-order valence-electron chi connectivity index (χ0n) is 22.3. The van der Waals surface area contributed by atoms with Gasteiger partial charge >= 0.3 is 0 Å². The van der Waals surface area contributed by atoms with Crippen LogP contribution in [0.2, 0.25) is 0 Å². The first-order valence-electron chi connectivity index (χ1n) is 13.5. The number of thioether (sulfide) groups is 1. The highest BCUT2D eigenvalue weighted by atomic mass is 32.2. The molecule has 1 atom stereocenters. The summed E-state index contributed by atoms with van der Waals surface area (Å²) in [4.78, 5) is 43.4. The summed E-state index contributed by atoms with van der Waals surface area (Å²) in [6.45, 7) is 4.88. The van der Waals surface area contributed by atoms with Gasteiger partial charge in [0.1, 0.15) is 11.7 Å². The lowest BCUT2D eigenvalue weighted by molar-refractivity contribution is -0.139. The molecule has 0 bridgehead atoms. The van der Waals surface area contributed by atoms with Gasteiger partial charge in [0.05, 0.1) is 0 Å². The summed E-state index contributed by atoms with van der Waals surface area (Å²) < 4.78 is 5.72. The Kier molecular flexibility index (Phi) is 10.8. The van der Waals surface area contributed by atoms with Gasteiger partial charge in [0.15, 0.2) is 0 Å². The van der Waals surface area contributed by atoms with Crippen LogP contribution in [0.25, 0.3) is 0 Å². The van der Waals surface area contributed by atoms with Crippen molar-refractivity contribution in [3.63, 3.8) is 0 Å². The van der Waals surface area contributed by atoms with E-state index in [1.54, 1.807) is 4.90 Å². The van der Waals surface area contributed by atoms with Crippen LogP contribution in [0.5, 0.6) is 0 Å². The Balaban J connectivity index is 1.84. The van der Waals surface area contributed by atoms with Gasteiger partial charge in [-0.2, -0.15) is 0 Å². The second-order valence-electron chi connectivity index (χ2n) is 11.0. The molecule has 2 aliphatic carbocycles. The number of hydrogen-bond donors (Lipinski definition) is 1. The number of amides is 2. The molecule has 1 aromatic heterocycles. The number of nitrogens with zero attached hydrogens (tertiary/aromatic N) is 4. The standard InChI is InChI=1S/C26H43N5O4S/c1-19(2)17-21(22(33)24-28-29-25(35-24)36-16-15-30(3)4)31(18-32)26(13-9-6-10-14-26)27-23(34)20-11-7-5-8-12-20/h18-21H,5-17H2,1-4H3,(H,27,34). The molecule has 0 radical (unpaired) electrons. The van der Waals surface area contributed by atoms with E-state index in [1.807, 2.05) is 27.9 Å². The number of carbonyl (C=O) groups excluding carboxylic acids is 3. The molecule has 36 heavy (non-hydrogen) atoms. The third-order valence-electron chi connectivity index (χ3n) is 7.33. The summed E-state index contributed by atoms with van der Waals surface area (Å²) in [7, 11) is 3.98. The van der Waals surface area contributed by atoms with Gasteiger partial charge in [0.2, 0.25) is 18.1 Å². The van der Waals surface area contributed by atoms with Crippen molar-refractivity contribution < 1.29 is 18.8 Å². The van der Waals surface area contributed by atoms with Crippen molar-refractivity contribution in [3.05, 3.63) is 5.89 Å². The van der Waals surface area contributed by atoms with E-state index in [4.69, 9.17) is 4.42 Å². The molecule has 1 unspecified atom stereocenters. The van der Waals surface area contributed by atoms with Crippen LogP contribution in [0.3, 0.4) is 0 Å². The molecule has 2 aliphatic rings. The fourth-order valence-corrected chi connectivity index (χ4v) is 6.24. The normalized spacial score (nSPS) is 19.3. The summed E-state index contributed by atoms with van der Waals surface area (Å²) in [6, 6.07) is -0.785. The maximum absolute atomic E-state index is 13.7. The molecule has 1 N–H and O–H groups in total. The molecule has 202 valence electrons. The topological polar surface area (TPSA) is 109 Å². The second-order valence-corrected chi connectivity index (χ2v) is 12.0. The Morgan fingerprint density at radius 3 is 2.39 bits per heavy atom. The Morgan fingerprint density at radius 1 is 1.11 bits per heavy atom. The van der Waals surface area contributed by atoms with Gasteiger partial charge in [0.25, 0.3) is 11.1 Å². The van der Waals surface area contributed by atoms with Crippen LogP contribution in [0, 0.1) is 11.8 Å². The van der Waals surface area contributed by atoms with E-state index in [0.29, 0.717) is 24.5 Å². The van der Waals surface area contributed by atoms with Crippen molar-refractivity contribution >= 4 is 29.9 Å². The zero-order chi connectivity index (χ0) is 26.1. The van der Waals surface area contributed by atoms with E-state index in [2.05, 4.69) is 20.4 Å². The second kappa shape index (κ2) is 13.6. The monoisotopic (exact) mass is 521 g/mol. The van der Waals surface area contributed by atoms with Crippen LogP contribution < -0.4 is 5.32 Å². The Hall–Kier alpha value is -1.94. The van der Waals surface area contributed by atoms with E-state index >= 15 is 0 Å². The summed E-state index contributed by atoms with van der Waals surface area (Å²) in [5, 5.41) is 11.7. The number of hydrogen-bond acceptors (Lipinski definition) is 8. The van der Waals surface area contributed by atoms with Crippen LogP contribution in [-0.4, -0.2) is 76.2 Å². The molecule has 0 aliphatic heterocycles. The average molecular weight is 522 g/mol. The Labute approximate surface area is 219 Å². The summed E-state index contributed by atoms with van der Waals surface area (Å²) in [6.07, 6.45) is 10.4. The van der Waals surface area contributed by atoms with Crippen molar-refractivity contribution in [2.75, 3.05) is 26.4 Å². The van der Waals surface area contributed by atoms with Gasteiger partial charge in [-0.05, 0) is 65.0 Å². The fraction of sp³-hybridized carbons (Fsp3) is 0.808. The molecule has 10 heteroatoms. The molecule has 2 fully saturated rings. The number of ketones is 1. The molecule has 1 aromatic rings. The SMILES string of the molecule is CC(C)CC(C(=O)c1nnc(SCCN(C)C)o1)N(C=O)C1(NC(=O)C2CCCCC2)CCCCC1. The molecule has 2 amide bonds. The van der Waals surface area contributed by atoms with Gasteiger partial charge in [0, 0.05) is 18.2 Å². The number of aromatic nitrogens is 2. The molecule has 2 saturated carbocycles. The largest absolute Gasteiger partial charge is 0.408 e. The van der Waals surface area contributed by atoms with Gasteiger partial charge in [-0.25, -0.2) is 0 Å². The Bertz CT molecular complexity index is 862. The van der Waals surface area contributed by atoms with Crippen molar-refractivity contribution in [2.45, 2.75) is 101 Å². The van der Waals surface area contributed by atoms with E-state index in [0.717, 1.165) is 63.7 Å². The first kappa shape index (κ1) is 28.6. The van der Waals surface area contributed by atoms with Crippen molar-refractivity contribution in [1.29, 1.82) is 0 Å². The van der Waals surface area contributed by atoms with Crippen molar-refractivity contribution in [2.24, 2.45) is 11.8 Å². The minimum absolute atomic E-state index is 0.0107. The minimum atomic E-state index is -0.868. The molecule has 0 aromatic carbocycles. The lowest BCUT2D eigenvalue weighted by Crippen LogP contribution is -2.66. The first-order valence-corrected chi connectivity index (χ1v) is 14.5. The van der Waals surface area contributed by atoms with Crippen molar-refractivity contribution in [3.8, 4) is 0 Å².